The minimum atomic E-state index is -0.931. The number of anilines is 1. The fraction of sp³-hybridized carbons (Fsp3) is 0.412. The Morgan fingerprint density at radius 1 is 1.24 bits per heavy atom. The molecule has 0 aliphatic heterocycles. The van der Waals surface area contributed by atoms with E-state index in [1.807, 2.05) is 24.3 Å². The lowest BCUT2D eigenvalue weighted by Crippen LogP contribution is -2.19. The van der Waals surface area contributed by atoms with Gasteiger partial charge in [-0.05, 0) is 30.9 Å². The minimum absolute atomic E-state index is 0.254. The fourth-order valence-corrected chi connectivity index (χ4v) is 3.05. The zero-order chi connectivity index (χ0) is 14.7. The molecule has 1 aliphatic rings. The number of aromatic carboxylic acids is 1. The van der Waals surface area contributed by atoms with Crippen molar-refractivity contribution in [2.75, 3.05) is 11.9 Å². The molecule has 0 radical (unpaired) electrons. The van der Waals surface area contributed by atoms with Crippen LogP contribution in [-0.4, -0.2) is 22.6 Å². The van der Waals surface area contributed by atoms with Gasteiger partial charge in [-0.15, -0.1) is 0 Å². The molecular weight excluding hydrogens is 264 g/mol. The van der Waals surface area contributed by atoms with E-state index in [9.17, 15) is 9.90 Å². The van der Waals surface area contributed by atoms with Crippen LogP contribution >= 0.6 is 0 Å². The summed E-state index contributed by atoms with van der Waals surface area (Å²) >= 11 is 0. The molecule has 21 heavy (non-hydrogen) atoms. The number of fused-ring (bicyclic) bond motifs is 1. The third kappa shape index (κ3) is 3.15. The van der Waals surface area contributed by atoms with Crippen LogP contribution in [0, 0.1) is 5.92 Å². The number of benzene rings is 1. The average Bonchev–Trinajstić information content (AvgIpc) is 2.53. The second-order valence-corrected chi connectivity index (χ2v) is 5.77. The van der Waals surface area contributed by atoms with Crippen molar-refractivity contribution in [3.05, 3.63) is 35.9 Å². The molecular formula is C17H20N2O2. The first kappa shape index (κ1) is 13.9. The molecule has 3 rings (SSSR count). The molecule has 1 aliphatic carbocycles. The van der Waals surface area contributed by atoms with Gasteiger partial charge in [-0.2, -0.15) is 0 Å². The van der Waals surface area contributed by atoms with Gasteiger partial charge in [0.05, 0.1) is 5.52 Å². The van der Waals surface area contributed by atoms with Crippen LogP contribution in [0.1, 0.15) is 42.5 Å². The molecule has 1 saturated carbocycles. The lowest BCUT2D eigenvalue weighted by Gasteiger charge is -2.22. The number of carbonyl (C=O) groups is 1. The smallest absolute Gasteiger partial charge is 0.339 e. The average molecular weight is 284 g/mol. The van der Waals surface area contributed by atoms with E-state index in [0.717, 1.165) is 17.4 Å². The first-order chi connectivity index (χ1) is 10.2. The van der Waals surface area contributed by atoms with Crippen LogP contribution in [-0.2, 0) is 0 Å². The molecule has 110 valence electrons. The fourth-order valence-electron chi connectivity index (χ4n) is 3.05. The highest BCUT2D eigenvalue weighted by molar-refractivity contribution is 5.98. The van der Waals surface area contributed by atoms with Crippen molar-refractivity contribution >= 4 is 22.7 Å². The van der Waals surface area contributed by atoms with Crippen LogP contribution in [0.25, 0.3) is 10.9 Å². The van der Waals surface area contributed by atoms with Crippen molar-refractivity contribution in [3.8, 4) is 0 Å². The number of nitrogens with zero attached hydrogens (tertiary/aromatic N) is 1. The molecule has 4 nitrogen and oxygen atoms in total. The molecule has 1 heterocycles. The van der Waals surface area contributed by atoms with Crippen LogP contribution in [0.4, 0.5) is 5.82 Å². The van der Waals surface area contributed by atoms with Crippen molar-refractivity contribution in [2.45, 2.75) is 32.1 Å². The van der Waals surface area contributed by atoms with E-state index in [4.69, 9.17) is 0 Å². The third-order valence-corrected chi connectivity index (χ3v) is 4.24. The summed E-state index contributed by atoms with van der Waals surface area (Å²) in [6.45, 7) is 0.811. The number of nitrogens with one attached hydrogen (secondary N) is 1. The number of carboxylic acids is 1. The van der Waals surface area contributed by atoms with E-state index in [1.54, 1.807) is 6.07 Å². The van der Waals surface area contributed by atoms with E-state index in [0.29, 0.717) is 11.7 Å². The molecule has 2 N–H and O–H groups in total. The SMILES string of the molecule is O=C(O)c1cc2ccccc2nc1NCC1CCCCC1. The minimum Gasteiger partial charge on any atom is -0.478 e. The number of aromatic nitrogens is 1. The van der Waals surface area contributed by atoms with Crippen LogP contribution < -0.4 is 5.32 Å². The second-order valence-electron chi connectivity index (χ2n) is 5.77. The molecule has 1 aromatic heterocycles. The monoisotopic (exact) mass is 284 g/mol. The van der Waals surface area contributed by atoms with Crippen LogP contribution in [0.3, 0.4) is 0 Å². The molecule has 0 saturated heterocycles. The summed E-state index contributed by atoms with van der Waals surface area (Å²) < 4.78 is 0. The van der Waals surface area contributed by atoms with E-state index in [1.165, 1.54) is 32.1 Å². The van der Waals surface area contributed by atoms with Gasteiger partial charge in [0.1, 0.15) is 11.4 Å². The predicted octanol–water partition coefficient (Wildman–Crippen LogP) is 3.93. The number of carboxylic acid groups (broad SMARTS) is 1. The van der Waals surface area contributed by atoms with E-state index in [2.05, 4.69) is 10.3 Å². The highest BCUT2D eigenvalue weighted by Crippen LogP contribution is 2.25. The number of para-hydroxylation sites is 1. The summed E-state index contributed by atoms with van der Waals surface area (Å²) in [4.78, 5) is 15.9. The highest BCUT2D eigenvalue weighted by Gasteiger charge is 2.17. The highest BCUT2D eigenvalue weighted by atomic mass is 16.4. The van der Waals surface area contributed by atoms with Gasteiger partial charge in [0, 0.05) is 11.9 Å². The Kier molecular flexibility index (Phi) is 4.04. The second kappa shape index (κ2) is 6.12. The lowest BCUT2D eigenvalue weighted by atomic mass is 9.89. The van der Waals surface area contributed by atoms with Gasteiger partial charge in [-0.1, -0.05) is 37.5 Å². The maximum Gasteiger partial charge on any atom is 0.339 e. The van der Waals surface area contributed by atoms with E-state index < -0.39 is 5.97 Å². The van der Waals surface area contributed by atoms with Gasteiger partial charge < -0.3 is 10.4 Å². The van der Waals surface area contributed by atoms with Crippen molar-refractivity contribution in [1.82, 2.24) is 4.98 Å². The normalized spacial score (nSPS) is 16.0. The Morgan fingerprint density at radius 2 is 2.00 bits per heavy atom. The van der Waals surface area contributed by atoms with E-state index >= 15 is 0 Å². The first-order valence-electron chi connectivity index (χ1n) is 7.61. The summed E-state index contributed by atoms with van der Waals surface area (Å²) in [5.74, 6) is 0.194. The van der Waals surface area contributed by atoms with Crippen LogP contribution in [0.5, 0.6) is 0 Å². The Labute approximate surface area is 124 Å². The molecule has 1 aromatic carbocycles. The van der Waals surface area contributed by atoms with Crippen molar-refractivity contribution in [3.63, 3.8) is 0 Å². The Bertz CT molecular complexity index is 648. The van der Waals surface area contributed by atoms with Crippen molar-refractivity contribution in [1.29, 1.82) is 0 Å². The zero-order valence-corrected chi connectivity index (χ0v) is 12.0. The first-order valence-corrected chi connectivity index (χ1v) is 7.61. The Hall–Kier alpha value is -2.10. The number of hydrogen-bond acceptors (Lipinski definition) is 3. The molecule has 0 unspecified atom stereocenters. The van der Waals surface area contributed by atoms with Gasteiger partial charge in [0.15, 0.2) is 0 Å². The summed E-state index contributed by atoms with van der Waals surface area (Å²) in [5, 5.41) is 13.5. The molecule has 4 heteroatoms. The topological polar surface area (TPSA) is 62.2 Å². The van der Waals surface area contributed by atoms with E-state index in [-0.39, 0.29) is 5.56 Å². The van der Waals surface area contributed by atoms with Crippen LogP contribution in [0.15, 0.2) is 30.3 Å². The van der Waals surface area contributed by atoms with Crippen LogP contribution in [0.2, 0.25) is 0 Å². The Morgan fingerprint density at radius 3 is 2.76 bits per heavy atom. The standard InChI is InChI=1S/C17H20N2O2/c20-17(21)14-10-13-8-4-5-9-15(13)19-16(14)18-11-12-6-2-1-3-7-12/h4-5,8-10,12H,1-3,6-7,11H2,(H,18,19)(H,20,21). The molecule has 1 fully saturated rings. The third-order valence-electron chi connectivity index (χ3n) is 4.24. The van der Waals surface area contributed by atoms with Gasteiger partial charge in [-0.3, -0.25) is 0 Å². The maximum absolute atomic E-state index is 11.4. The number of rotatable bonds is 4. The Balaban J connectivity index is 1.84. The molecule has 0 spiro atoms. The zero-order valence-electron chi connectivity index (χ0n) is 12.0. The van der Waals surface area contributed by atoms with Crippen molar-refractivity contribution in [2.24, 2.45) is 5.92 Å². The lowest BCUT2D eigenvalue weighted by molar-refractivity contribution is 0.0697. The molecule has 0 bridgehead atoms. The molecule has 2 aromatic rings. The largest absolute Gasteiger partial charge is 0.478 e. The van der Waals surface area contributed by atoms with Gasteiger partial charge in [0.2, 0.25) is 0 Å². The van der Waals surface area contributed by atoms with Gasteiger partial charge in [0.25, 0.3) is 0 Å². The molecule has 0 atom stereocenters. The quantitative estimate of drug-likeness (QED) is 0.893. The summed E-state index contributed by atoms with van der Waals surface area (Å²) in [5.41, 5.74) is 1.08. The summed E-state index contributed by atoms with van der Waals surface area (Å²) in [6, 6.07) is 9.31. The molecule has 0 amide bonds. The van der Waals surface area contributed by atoms with Crippen molar-refractivity contribution < 1.29 is 9.90 Å². The maximum atomic E-state index is 11.4. The van der Waals surface area contributed by atoms with Gasteiger partial charge >= 0.3 is 5.97 Å². The number of pyridine rings is 1. The number of hydrogen-bond donors (Lipinski definition) is 2. The van der Waals surface area contributed by atoms with Gasteiger partial charge in [-0.25, -0.2) is 9.78 Å². The summed E-state index contributed by atoms with van der Waals surface area (Å²) in [6.07, 6.45) is 6.34. The predicted molar refractivity (Wildman–Crippen MR) is 83.8 cm³/mol. The summed E-state index contributed by atoms with van der Waals surface area (Å²) in [7, 11) is 0.